The standard InChI is InChI=1S/C17H18N4O2S/c1-3-4-5-14-20-21-15(18)13(16(22)19-17(21)24-14)10-11-6-8-12(23-2)9-7-11/h6-10,18H,3-5H2,1-2H3. The van der Waals surface area contributed by atoms with E-state index in [0.717, 1.165) is 35.6 Å². The molecule has 2 heterocycles. The smallest absolute Gasteiger partial charge is 0.283 e. The van der Waals surface area contributed by atoms with Gasteiger partial charge >= 0.3 is 0 Å². The topological polar surface area (TPSA) is 78.1 Å². The minimum absolute atomic E-state index is 0.0693. The number of unbranched alkanes of at least 4 members (excludes halogenated alkanes) is 1. The molecule has 7 heteroatoms. The first-order chi connectivity index (χ1) is 11.6. The molecule has 2 aliphatic heterocycles. The van der Waals surface area contributed by atoms with E-state index >= 15 is 0 Å². The van der Waals surface area contributed by atoms with Crippen molar-refractivity contribution in [3.8, 4) is 5.75 Å². The Balaban J connectivity index is 1.86. The minimum atomic E-state index is -0.401. The van der Waals surface area contributed by atoms with Crippen LogP contribution >= 0.6 is 11.8 Å². The van der Waals surface area contributed by atoms with Crippen LogP contribution in [0.2, 0.25) is 0 Å². The van der Waals surface area contributed by atoms with Crippen LogP contribution in [-0.2, 0) is 4.79 Å². The second-order valence-electron chi connectivity index (χ2n) is 5.39. The zero-order valence-electron chi connectivity index (χ0n) is 13.6. The maximum absolute atomic E-state index is 12.3. The molecule has 0 aromatic heterocycles. The summed E-state index contributed by atoms with van der Waals surface area (Å²) in [5.41, 5.74) is 1.05. The Kier molecular flexibility index (Phi) is 4.80. The summed E-state index contributed by atoms with van der Waals surface area (Å²) in [4.78, 5) is 16.4. The summed E-state index contributed by atoms with van der Waals surface area (Å²) in [5.74, 6) is 0.407. The number of nitrogens with one attached hydrogen (secondary N) is 1. The van der Waals surface area contributed by atoms with E-state index < -0.39 is 5.91 Å². The monoisotopic (exact) mass is 342 g/mol. The molecule has 0 atom stereocenters. The third-order valence-corrected chi connectivity index (χ3v) is 4.64. The Morgan fingerprint density at radius 1 is 1.33 bits per heavy atom. The van der Waals surface area contributed by atoms with Crippen molar-refractivity contribution in [1.82, 2.24) is 5.01 Å². The summed E-state index contributed by atoms with van der Waals surface area (Å²) in [6.07, 6.45) is 4.61. The third kappa shape index (κ3) is 3.26. The molecular formula is C17H18N4O2S. The number of nitrogens with zero attached hydrogens (tertiary/aromatic N) is 3. The highest BCUT2D eigenvalue weighted by Gasteiger charge is 2.35. The van der Waals surface area contributed by atoms with Crippen molar-refractivity contribution < 1.29 is 9.53 Å². The van der Waals surface area contributed by atoms with Crippen LogP contribution in [0, 0.1) is 5.41 Å². The average Bonchev–Trinajstić information content (AvgIpc) is 3.00. The molecule has 0 saturated heterocycles. The van der Waals surface area contributed by atoms with Crippen LogP contribution in [-0.4, -0.2) is 34.1 Å². The van der Waals surface area contributed by atoms with E-state index in [0.29, 0.717) is 5.17 Å². The molecule has 2 aliphatic rings. The highest BCUT2D eigenvalue weighted by atomic mass is 32.2. The predicted molar refractivity (Wildman–Crippen MR) is 97.5 cm³/mol. The van der Waals surface area contributed by atoms with Gasteiger partial charge in [0.05, 0.1) is 12.7 Å². The molecule has 0 radical (unpaired) electrons. The van der Waals surface area contributed by atoms with Crippen LogP contribution in [0.15, 0.2) is 39.9 Å². The van der Waals surface area contributed by atoms with E-state index in [9.17, 15) is 4.79 Å². The molecule has 3 rings (SSSR count). The number of amidine groups is 2. The molecule has 0 fully saturated rings. The van der Waals surface area contributed by atoms with Gasteiger partial charge in [0.15, 0.2) is 5.84 Å². The number of benzene rings is 1. The number of rotatable bonds is 5. The molecular weight excluding hydrogens is 324 g/mol. The van der Waals surface area contributed by atoms with Crippen LogP contribution < -0.4 is 4.74 Å². The number of carbonyl (C=O) groups is 1. The quantitative estimate of drug-likeness (QED) is 0.831. The van der Waals surface area contributed by atoms with E-state index in [2.05, 4.69) is 17.0 Å². The fourth-order valence-electron chi connectivity index (χ4n) is 2.33. The van der Waals surface area contributed by atoms with Crippen LogP contribution in [0.3, 0.4) is 0 Å². The molecule has 0 bridgehead atoms. The van der Waals surface area contributed by atoms with Gasteiger partial charge in [-0.3, -0.25) is 10.2 Å². The number of aliphatic imine (C=N–C) groups is 1. The number of hydrogen-bond donors (Lipinski definition) is 1. The third-order valence-electron chi connectivity index (χ3n) is 3.67. The Hall–Kier alpha value is -2.41. The van der Waals surface area contributed by atoms with E-state index in [-0.39, 0.29) is 11.4 Å². The molecule has 0 aliphatic carbocycles. The van der Waals surface area contributed by atoms with Gasteiger partial charge in [0.1, 0.15) is 10.8 Å². The lowest BCUT2D eigenvalue weighted by molar-refractivity contribution is -0.114. The normalized spacial score (nSPS) is 18.6. The van der Waals surface area contributed by atoms with Crippen LogP contribution in [0.5, 0.6) is 5.75 Å². The van der Waals surface area contributed by atoms with E-state index in [1.54, 1.807) is 13.2 Å². The van der Waals surface area contributed by atoms with Crippen molar-refractivity contribution in [2.75, 3.05) is 7.11 Å². The van der Waals surface area contributed by atoms with E-state index in [4.69, 9.17) is 10.1 Å². The van der Waals surface area contributed by atoms with Gasteiger partial charge in [-0.25, -0.2) is 0 Å². The number of fused-ring (bicyclic) bond motifs is 1. The molecule has 124 valence electrons. The molecule has 1 aromatic rings. The highest BCUT2D eigenvalue weighted by Crippen LogP contribution is 2.30. The second-order valence-corrected chi connectivity index (χ2v) is 6.43. The lowest BCUT2D eigenvalue weighted by atomic mass is 10.1. The molecule has 6 nitrogen and oxygen atoms in total. The van der Waals surface area contributed by atoms with Crippen molar-refractivity contribution in [1.29, 1.82) is 5.41 Å². The fraction of sp³-hybridized carbons (Fsp3) is 0.294. The lowest BCUT2D eigenvalue weighted by Crippen LogP contribution is -2.35. The van der Waals surface area contributed by atoms with Crippen LogP contribution in [0.4, 0.5) is 0 Å². The molecule has 24 heavy (non-hydrogen) atoms. The SMILES string of the molecule is CCCCC1=NN2C(=N)C(=Cc3ccc(OC)cc3)C(=O)N=C2S1. The van der Waals surface area contributed by atoms with Crippen LogP contribution in [0.25, 0.3) is 6.08 Å². The predicted octanol–water partition coefficient (Wildman–Crippen LogP) is 3.50. The summed E-state index contributed by atoms with van der Waals surface area (Å²) in [7, 11) is 1.60. The molecule has 1 N–H and O–H groups in total. The van der Waals surface area contributed by atoms with Gasteiger partial charge in [-0.1, -0.05) is 25.5 Å². The van der Waals surface area contributed by atoms with Crippen molar-refractivity contribution in [3.05, 3.63) is 35.4 Å². The number of hydrogen-bond acceptors (Lipinski definition) is 5. The van der Waals surface area contributed by atoms with Crippen molar-refractivity contribution in [2.45, 2.75) is 26.2 Å². The van der Waals surface area contributed by atoms with E-state index in [1.165, 1.54) is 16.8 Å². The van der Waals surface area contributed by atoms with Gasteiger partial charge in [0, 0.05) is 0 Å². The van der Waals surface area contributed by atoms with Gasteiger partial charge in [-0.05, 0) is 48.4 Å². The van der Waals surface area contributed by atoms with Crippen LogP contribution in [0.1, 0.15) is 31.7 Å². The van der Waals surface area contributed by atoms with Crippen molar-refractivity contribution in [3.63, 3.8) is 0 Å². The zero-order valence-corrected chi connectivity index (χ0v) is 14.4. The summed E-state index contributed by atoms with van der Waals surface area (Å²) in [6.45, 7) is 2.12. The largest absolute Gasteiger partial charge is 0.497 e. The second kappa shape index (κ2) is 7.00. The molecule has 1 aromatic carbocycles. The fourth-order valence-corrected chi connectivity index (χ4v) is 3.25. The van der Waals surface area contributed by atoms with Gasteiger partial charge in [0.2, 0.25) is 5.17 Å². The Morgan fingerprint density at radius 2 is 2.08 bits per heavy atom. The van der Waals surface area contributed by atoms with Gasteiger partial charge in [-0.2, -0.15) is 15.1 Å². The van der Waals surface area contributed by atoms with E-state index in [1.807, 2.05) is 24.3 Å². The van der Waals surface area contributed by atoms with Gasteiger partial charge in [0.25, 0.3) is 5.91 Å². The zero-order chi connectivity index (χ0) is 17.1. The van der Waals surface area contributed by atoms with Gasteiger partial charge in [-0.15, -0.1) is 0 Å². The van der Waals surface area contributed by atoms with Crippen molar-refractivity contribution >= 4 is 39.8 Å². The maximum Gasteiger partial charge on any atom is 0.283 e. The maximum atomic E-state index is 12.3. The molecule has 0 spiro atoms. The molecule has 0 saturated carbocycles. The first-order valence-electron chi connectivity index (χ1n) is 7.75. The number of methoxy groups -OCH3 is 1. The number of thioether (sulfide) groups is 1. The Morgan fingerprint density at radius 3 is 2.75 bits per heavy atom. The first kappa shape index (κ1) is 16.4. The Bertz CT molecular complexity index is 765. The summed E-state index contributed by atoms with van der Waals surface area (Å²) < 4.78 is 5.12. The summed E-state index contributed by atoms with van der Waals surface area (Å²) >= 11 is 1.38. The number of amides is 1. The summed E-state index contributed by atoms with van der Waals surface area (Å²) in [5, 5.41) is 15.6. The summed E-state index contributed by atoms with van der Waals surface area (Å²) in [6, 6.07) is 7.29. The van der Waals surface area contributed by atoms with Crippen molar-refractivity contribution in [2.24, 2.45) is 10.1 Å². The molecule has 1 amide bonds. The highest BCUT2D eigenvalue weighted by molar-refractivity contribution is 8.26. The number of hydrazone groups is 1. The number of ether oxygens (including phenoxy) is 1. The van der Waals surface area contributed by atoms with Gasteiger partial charge < -0.3 is 4.74 Å². The first-order valence-corrected chi connectivity index (χ1v) is 8.57. The lowest BCUT2D eigenvalue weighted by Gasteiger charge is -2.20. The number of carbonyl (C=O) groups excluding carboxylic acids is 1. The minimum Gasteiger partial charge on any atom is -0.497 e. The Labute approximate surface area is 144 Å². The average molecular weight is 342 g/mol. The molecule has 0 unspecified atom stereocenters.